The van der Waals surface area contributed by atoms with E-state index in [9.17, 15) is 4.79 Å². The van der Waals surface area contributed by atoms with Crippen molar-refractivity contribution in [3.05, 3.63) is 29.0 Å². The van der Waals surface area contributed by atoms with Gasteiger partial charge in [0.25, 0.3) is 5.91 Å². The zero-order valence-corrected chi connectivity index (χ0v) is 12.2. The number of nitrogens with one attached hydrogen (secondary N) is 1. The van der Waals surface area contributed by atoms with Crippen molar-refractivity contribution < 1.29 is 4.79 Å². The number of aromatic nitrogens is 1. The number of likely N-dealkylation sites (tertiary alicyclic amines) is 1. The summed E-state index contributed by atoms with van der Waals surface area (Å²) in [6, 6.07) is 3.25. The van der Waals surface area contributed by atoms with Crippen molar-refractivity contribution in [1.29, 1.82) is 0 Å². The van der Waals surface area contributed by atoms with E-state index in [1.54, 1.807) is 18.3 Å². The Labute approximate surface area is 119 Å². The third-order valence-electron chi connectivity index (χ3n) is 3.73. The van der Waals surface area contributed by atoms with Gasteiger partial charge >= 0.3 is 0 Å². The van der Waals surface area contributed by atoms with Gasteiger partial charge in [-0.2, -0.15) is 0 Å². The topological polar surface area (TPSA) is 45.2 Å². The normalized spacial score (nSPS) is 18.5. The highest BCUT2D eigenvalue weighted by molar-refractivity contribution is 6.29. The van der Waals surface area contributed by atoms with Crippen molar-refractivity contribution >= 4 is 17.5 Å². The molecule has 19 heavy (non-hydrogen) atoms. The molecule has 2 heterocycles. The van der Waals surface area contributed by atoms with Crippen LogP contribution in [0.3, 0.4) is 0 Å². The fourth-order valence-corrected chi connectivity index (χ4v) is 2.70. The molecular formula is C14H20ClN3O. The van der Waals surface area contributed by atoms with Crippen molar-refractivity contribution in [3.8, 4) is 0 Å². The van der Waals surface area contributed by atoms with Crippen molar-refractivity contribution in [2.45, 2.75) is 32.2 Å². The monoisotopic (exact) mass is 281 g/mol. The van der Waals surface area contributed by atoms with E-state index < -0.39 is 0 Å². The minimum atomic E-state index is -0.0960. The Hall–Kier alpha value is -1.13. The molecule has 1 aromatic heterocycles. The van der Waals surface area contributed by atoms with E-state index in [-0.39, 0.29) is 11.4 Å². The van der Waals surface area contributed by atoms with Gasteiger partial charge in [-0.15, -0.1) is 0 Å². The van der Waals surface area contributed by atoms with E-state index >= 15 is 0 Å². The third kappa shape index (κ3) is 3.67. The average Bonchev–Trinajstić information content (AvgIpc) is 2.69. The van der Waals surface area contributed by atoms with Gasteiger partial charge in [-0.3, -0.25) is 9.69 Å². The Bertz CT molecular complexity index is 462. The van der Waals surface area contributed by atoms with Crippen LogP contribution in [-0.4, -0.2) is 41.0 Å². The van der Waals surface area contributed by atoms with E-state index in [2.05, 4.69) is 29.0 Å². The van der Waals surface area contributed by atoms with Crippen LogP contribution in [0.15, 0.2) is 18.3 Å². The fraction of sp³-hybridized carbons (Fsp3) is 0.571. The molecule has 1 aliphatic heterocycles. The molecule has 0 spiro atoms. The van der Waals surface area contributed by atoms with Gasteiger partial charge in [0.1, 0.15) is 5.15 Å². The quantitative estimate of drug-likeness (QED) is 0.862. The number of pyridine rings is 1. The molecule has 0 bridgehead atoms. The maximum atomic E-state index is 11.9. The van der Waals surface area contributed by atoms with Crippen LogP contribution in [0, 0.1) is 0 Å². The number of nitrogens with zero attached hydrogens (tertiary/aromatic N) is 2. The predicted octanol–water partition coefficient (Wildman–Crippen LogP) is 2.34. The molecule has 0 atom stereocenters. The third-order valence-corrected chi connectivity index (χ3v) is 3.94. The summed E-state index contributed by atoms with van der Waals surface area (Å²) in [5, 5.41) is 3.26. The molecule has 4 nitrogen and oxygen atoms in total. The van der Waals surface area contributed by atoms with Crippen LogP contribution in [0.2, 0.25) is 5.15 Å². The summed E-state index contributed by atoms with van der Waals surface area (Å²) in [5.74, 6) is -0.0960. The lowest BCUT2D eigenvalue weighted by molar-refractivity contribution is 0.0940. The molecule has 1 aromatic rings. The standard InChI is InChI=1S/C14H20ClN3O/c1-14(2)5-3-8-18(14)9-7-17-13(19)11-4-6-16-12(15)10-11/h4,6,10H,3,5,7-9H2,1-2H3,(H,17,19). The van der Waals surface area contributed by atoms with Gasteiger partial charge in [-0.05, 0) is 45.4 Å². The average molecular weight is 282 g/mol. The fourth-order valence-electron chi connectivity index (χ4n) is 2.53. The molecule has 2 rings (SSSR count). The Balaban J connectivity index is 1.81. The Morgan fingerprint density at radius 1 is 1.58 bits per heavy atom. The predicted molar refractivity (Wildman–Crippen MR) is 76.5 cm³/mol. The Morgan fingerprint density at radius 3 is 3.00 bits per heavy atom. The SMILES string of the molecule is CC1(C)CCCN1CCNC(=O)c1ccnc(Cl)c1. The highest BCUT2D eigenvalue weighted by Gasteiger charge is 2.31. The first-order valence-electron chi connectivity index (χ1n) is 6.64. The molecule has 0 unspecified atom stereocenters. The maximum absolute atomic E-state index is 11.9. The molecule has 1 fully saturated rings. The van der Waals surface area contributed by atoms with Crippen LogP contribution in [-0.2, 0) is 0 Å². The van der Waals surface area contributed by atoms with Crippen molar-refractivity contribution in [2.24, 2.45) is 0 Å². The number of rotatable bonds is 4. The summed E-state index contributed by atoms with van der Waals surface area (Å²) >= 11 is 5.76. The maximum Gasteiger partial charge on any atom is 0.251 e. The van der Waals surface area contributed by atoms with Gasteiger partial charge in [0.15, 0.2) is 0 Å². The highest BCUT2D eigenvalue weighted by Crippen LogP contribution is 2.27. The lowest BCUT2D eigenvalue weighted by Gasteiger charge is -2.31. The molecule has 0 radical (unpaired) electrons. The van der Waals surface area contributed by atoms with Gasteiger partial charge in [0.2, 0.25) is 0 Å². The molecule has 1 saturated heterocycles. The highest BCUT2D eigenvalue weighted by atomic mass is 35.5. The summed E-state index contributed by atoms with van der Waals surface area (Å²) in [4.78, 5) is 18.2. The van der Waals surface area contributed by atoms with Crippen LogP contribution in [0.1, 0.15) is 37.0 Å². The van der Waals surface area contributed by atoms with Crippen LogP contribution in [0.25, 0.3) is 0 Å². The minimum Gasteiger partial charge on any atom is -0.351 e. The number of amides is 1. The van der Waals surface area contributed by atoms with Crippen LogP contribution in [0.4, 0.5) is 0 Å². The Morgan fingerprint density at radius 2 is 2.37 bits per heavy atom. The number of hydrogen-bond acceptors (Lipinski definition) is 3. The summed E-state index contributed by atoms with van der Waals surface area (Å²) in [6.07, 6.45) is 4.00. The first-order chi connectivity index (χ1) is 8.99. The lowest BCUT2D eigenvalue weighted by atomic mass is 10.0. The zero-order chi connectivity index (χ0) is 13.9. The number of carbonyl (C=O) groups excluding carboxylic acids is 1. The molecule has 1 aliphatic rings. The smallest absolute Gasteiger partial charge is 0.251 e. The second-order valence-electron chi connectivity index (χ2n) is 5.53. The number of carbonyl (C=O) groups is 1. The number of halogens is 1. The molecule has 1 N–H and O–H groups in total. The summed E-state index contributed by atoms with van der Waals surface area (Å²) < 4.78 is 0. The molecule has 0 aliphatic carbocycles. The molecule has 104 valence electrons. The summed E-state index contributed by atoms with van der Waals surface area (Å²) in [7, 11) is 0. The second kappa shape index (κ2) is 5.88. The van der Waals surface area contributed by atoms with Crippen molar-refractivity contribution in [2.75, 3.05) is 19.6 Å². The summed E-state index contributed by atoms with van der Waals surface area (Å²) in [5.41, 5.74) is 0.811. The largest absolute Gasteiger partial charge is 0.351 e. The van der Waals surface area contributed by atoms with E-state index in [4.69, 9.17) is 11.6 Å². The zero-order valence-electron chi connectivity index (χ0n) is 11.4. The van der Waals surface area contributed by atoms with Crippen LogP contribution >= 0.6 is 11.6 Å². The van der Waals surface area contributed by atoms with Crippen LogP contribution in [0.5, 0.6) is 0 Å². The molecular weight excluding hydrogens is 262 g/mol. The summed E-state index contributed by atoms with van der Waals surface area (Å²) in [6.45, 7) is 7.17. The first kappa shape index (κ1) is 14.3. The lowest BCUT2D eigenvalue weighted by Crippen LogP contribution is -2.42. The van der Waals surface area contributed by atoms with Gasteiger partial charge in [0.05, 0.1) is 0 Å². The van der Waals surface area contributed by atoms with Gasteiger partial charge in [0, 0.05) is 30.4 Å². The van der Waals surface area contributed by atoms with E-state index in [0.29, 0.717) is 17.3 Å². The first-order valence-corrected chi connectivity index (χ1v) is 7.02. The van der Waals surface area contributed by atoms with Gasteiger partial charge in [-0.25, -0.2) is 4.98 Å². The molecule has 0 saturated carbocycles. The van der Waals surface area contributed by atoms with Crippen molar-refractivity contribution in [1.82, 2.24) is 15.2 Å². The van der Waals surface area contributed by atoms with E-state index in [0.717, 1.165) is 13.1 Å². The molecule has 1 amide bonds. The molecule has 0 aromatic carbocycles. The van der Waals surface area contributed by atoms with E-state index in [1.807, 2.05) is 0 Å². The Kier molecular flexibility index (Phi) is 4.42. The molecule has 5 heteroatoms. The van der Waals surface area contributed by atoms with Gasteiger partial charge in [-0.1, -0.05) is 11.6 Å². The van der Waals surface area contributed by atoms with Gasteiger partial charge < -0.3 is 5.32 Å². The minimum absolute atomic E-state index is 0.0960. The van der Waals surface area contributed by atoms with Crippen molar-refractivity contribution in [3.63, 3.8) is 0 Å². The van der Waals surface area contributed by atoms with E-state index in [1.165, 1.54) is 12.8 Å². The number of hydrogen-bond donors (Lipinski definition) is 1. The van der Waals surface area contributed by atoms with Crippen LogP contribution < -0.4 is 5.32 Å². The second-order valence-corrected chi connectivity index (χ2v) is 5.91.